The van der Waals surface area contributed by atoms with Crippen LogP contribution in [-0.2, 0) is 4.79 Å². The fourth-order valence-corrected chi connectivity index (χ4v) is 3.05. The van der Waals surface area contributed by atoms with Crippen LogP contribution in [0.4, 0.5) is 0 Å². The van der Waals surface area contributed by atoms with Gasteiger partial charge in [0.25, 0.3) is 0 Å². The summed E-state index contributed by atoms with van der Waals surface area (Å²) in [6.07, 6.45) is 1.61. The van der Waals surface area contributed by atoms with Crippen LogP contribution in [0.2, 0.25) is 0 Å². The lowest BCUT2D eigenvalue weighted by Crippen LogP contribution is -2.27. The third kappa shape index (κ3) is 3.52. The van der Waals surface area contributed by atoms with Crippen molar-refractivity contribution in [2.24, 2.45) is 0 Å². The molecule has 0 aliphatic rings. The van der Waals surface area contributed by atoms with E-state index >= 15 is 0 Å². The van der Waals surface area contributed by atoms with E-state index in [-0.39, 0.29) is 11.9 Å². The van der Waals surface area contributed by atoms with E-state index in [0.717, 1.165) is 10.7 Å². The summed E-state index contributed by atoms with van der Waals surface area (Å²) in [5.74, 6) is 1.16. The van der Waals surface area contributed by atoms with Crippen molar-refractivity contribution in [2.75, 3.05) is 5.75 Å². The Balaban J connectivity index is 1.57. The van der Waals surface area contributed by atoms with Crippen LogP contribution in [0.5, 0.6) is 0 Å². The molecule has 1 aromatic heterocycles. The van der Waals surface area contributed by atoms with E-state index in [4.69, 9.17) is 4.42 Å². The van der Waals surface area contributed by atoms with E-state index in [1.807, 2.05) is 31.2 Å². The highest BCUT2D eigenvalue weighted by atomic mass is 32.2. The molecule has 1 unspecified atom stereocenters. The number of amides is 1. The van der Waals surface area contributed by atoms with Crippen molar-refractivity contribution >= 4 is 28.4 Å². The van der Waals surface area contributed by atoms with Crippen molar-refractivity contribution in [1.82, 2.24) is 5.32 Å². The first kappa shape index (κ1) is 14.7. The van der Waals surface area contributed by atoms with E-state index in [2.05, 4.69) is 35.6 Å². The molecule has 22 heavy (non-hydrogen) atoms. The summed E-state index contributed by atoms with van der Waals surface area (Å²) in [6.45, 7) is 1.91. The number of fused-ring (bicyclic) bond motifs is 1. The first-order valence-corrected chi connectivity index (χ1v) is 8.15. The monoisotopic (exact) mass is 311 g/mol. The first-order chi connectivity index (χ1) is 10.7. The molecule has 1 N–H and O–H groups in total. The van der Waals surface area contributed by atoms with Crippen LogP contribution >= 0.6 is 11.8 Å². The number of carbonyl (C=O) groups is 1. The molecule has 0 radical (unpaired) electrons. The Morgan fingerprint density at radius 3 is 2.73 bits per heavy atom. The van der Waals surface area contributed by atoms with Gasteiger partial charge >= 0.3 is 0 Å². The zero-order valence-corrected chi connectivity index (χ0v) is 13.1. The van der Waals surface area contributed by atoms with Crippen molar-refractivity contribution in [3.8, 4) is 0 Å². The Bertz CT molecular complexity index is 768. The van der Waals surface area contributed by atoms with Crippen LogP contribution in [0.3, 0.4) is 0 Å². The van der Waals surface area contributed by atoms with Gasteiger partial charge in [-0.3, -0.25) is 4.79 Å². The van der Waals surface area contributed by atoms with Crippen LogP contribution < -0.4 is 5.32 Å². The van der Waals surface area contributed by atoms with Crippen LogP contribution in [0.25, 0.3) is 10.8 Å². The molecular weight excluding hydrogens is 294 g/mol. The summed E-state index contributed by atoms with van der Waals surface area (Å²) in [7, 11) is 0. The molecular formula is C18H17NO2S. The van der Waals surface area contributed by atoms with Crippen LogP contribution in [0.1, 0.15) is 18.7 Å². The SMILES string of the molecule is CC(NC(=O)CSc1ccc2ccccc2c1)c1ccco1. The molecule has 0 aliphatic carbocycles. The number of furan rings is 1. The van der Waals surface area contributed by atoms with Crippen molar-refractivity contribution in [2.45, 2.75) is 17.9 Å². The number of carbonyl (C=O) groups excluding carboxylic acids is 1. The maximum Gasteiger partial charge on any atom is 0.230 e. The minimum atomic E-state index is -0.111. The number of benzene rings is 2. The number of hydrogen-bond acceptors (Lipinski definition) is 3. The molecule has 0 saturated carbocycles. The van der Waals surface area contributed by atoms with Gasteiger partial charge in [0.2, 0.25) is 5.91 Å². The summed E-state index contributed by atoms with van der Waals surface area (Å²) >= 11 is 1.54. The van der Waals surface area contributed by atoms with Gasteiger partial charge in [-0.25, -0.2) is 0 Å². The van der Waals surface area contributed by atoms with Crippen molar-refractivity contribution in [1.29, 1.82) is 0 Å². The molecule has 3 aromatic rings. The normalized spacial score (nSPS) is 12.2. The topological polar surface area (TPSA) is 42.2 Å². The third-order valence-electron chi connectivity index (χ3n) is 3.44. The summed E-state index contributed by atoms with van der Waals surface area (Å²) in [4.78, 5) is 13.1. The average molecular weight is 311 g/mol. The molecule has 2 aromatic carbocycles. The fraction of sp³-hybridized carbons (Fsp3) is 0.167. The number of rotatable bonds is 5. The smallest absolute Gasteiger partial charge is 0.230 e. The molecule has 1 amide bonds. The van der Waals surface area contributed by atoms with Gasteiger partial charge in [-0.15, -0.1) is 11.8 Å². The Morgan fingerprint density at radius 2 is 1.95 bits per heavy atom. The molecule has 0 bridgehead atoms. The predicted molar refractivity (Wildman–Crippen MR) is 89.9 cm³/mol. The summed E-state index contributed by atoms with van der Waals surface area (Å²) in [5, 5.41) is 5.34. The molecule has 0 aliphatic heterocycles. The van der Waals surface area contributed by atoms with Gasteiger partial charge in [0, 0.05) is 4.90 Å². The minimum absolute atomic E-state index is 0.00191. The Kier molecular flexibility index (Phi) is 4.49. The lowest BCUT2D eigenvalue weighted by molar-refractivity contribution is -0.119. The van der Waals surface area contributed by atoms with Gasteiger partial charge in [0.05, 0.1) is 18.1 Å². The largest absolute Gasteiger partial charge is 0.467 e. The zero-order chi connectivity index (χ0) is 15.4. The first-order valence-electron chi connectivity index (χ1n) is 7.17. The minimum Gasteiger partial charge on any atom is -0.467 e. The molecule has 1 atom stereocenters. The molecule has 1 heterocycles. The highest BCUT2D eigenvalue weighted by Crippen LogP contribution is 2.23. The fourth-order valence-electron chi connectivity index (χ4n) is 2.30. The Labute approximate surface area is 133 Å². The van der Waals surface area contributed by atoms with Gasteiger partial charge < -0.3 is 9.73 Å². The average Bonchev–Trinajstić information content (AvgIpc) is 3.07. The Morgan fingerprint density at radius 1 is 1.14 bits per heavy atom. The second kappa shape index (κ2) is 6.71. The van der Waals surface area contributed by atoms with Gasteiger partial charge in [0.15, 0.2) is 0 Å². The number of hydrogen-bond donors (Lipinski definition) is 1. The van der Waals surface area contributed by atoms with Gasteiger partial charge in [-0.05, 0) is 42.0 Å². The highest BCUT2D eigenvalue weighted by Gasteiger charge is 2.11. The lowest BCUT2D eigenvalue weighted by Gasteiger charge is -2.11. The highest BCUT2D eigenvalue weighted by molar-refractivity contribution is 8.00. The Hall–Kier alpha value is -2.20. The van der Waals surface area contributed by atoms with E-state index in [1.165, 1.54) is 22.5 Å². The second-order valence-electron chi connectivity index (χ2n) is 5.10. The van der Waals surface area contributed by atoms with Gasteiger partial charge in [-0.2, -0.15) is 0 Å². The molecule has 3 nitrogen and oxygen atoms in total. The summed E-state index contributed by atoms with van der Waals surface area (Å²) in [6, 6.07) is 18.0. The van der Waals surface area contributed by atoms with E-state index in [9.17, 15) is 4.79 Å². The number of nitrogens with one attached hydrogen (secondary N) is 1. The molecule has 3 rings (SSSR count). The molecule has 4 heteroatoms. The maximum atomic E-state index is 12.0. The second-order valence-corrected chi connectivity index (χ2v) is 6.15. The van der Waals surface area contributed by atoms with E-state index in [1.54, 1.807) is 6.26 Å². The molecule has 0 saturated heterocycles. The van der Waals surface area contributed by atoms with Crippen molar-refractivity contribution in [3.05, 3.63) is 66.6 Å². The van der Waals surface area contributed by atoms with Gasteiger partial charge in [-0.1, -0.05) is 30.3 Å². The van der Waals surface area contributed by atoms with Crippen LogP contribution in [-0.4, -0.2) is 11.7 Å². The predicted octanol–water partition coefficient (Wildman–Crippen LogP) is 4.40. The standard InChI is InChI=1S/C18H17NO2S/c1-13(17-7-4-10-21-17)19-18(20)12-22-16-9-8-14-5-2-3-6-15(14)11-16/h2-11,13H,12H2,1H3,(H,19,20). The maximum absolute atomic E-state index is 12.0. The van der Waals surface area contributed by atoms with Crippen LogP contribution in [0.15, 0.2) is 70.2 Å². The summed E-state index contributed by atoms with van der Waals surface area (Å²) < 4.78 is 5.29. The molecule has 0 fully saturated rings. The van der Waals surface area contributed by atoms with Crippen molar-refractivity contribution in [3.63, 3.8) is 0 Å². The van der Waals surface area contributed by atoms with E-state index < -0.39 is 0 Å². The van der Waals surface area contributed by atoms with Crippen molar-refractivity contribution < 1.29 is 9.21 Å². The quantitative estimate of drug-likeness (QED) is 0.710. The van der Waals surface area contributed by atoms with E-state index in [0.29, 0.717) is 5.75 Å². The molecule has 0 spiro atoms. The zero-order valence-electron chi connectivity index (χ0n) is 12.3. The summed E-state index contributed by atoms with van der Waals surface area (Å²) in [5.41, 5.74) is 0. The van der Waals surface area contributed by atoms with Gasteiger partial charge in [0.1, 0.15) is 5.76 Å². The third-order valence-corrected chi connectivity index (χ3v) is 4.43. The lowest BCUT2D eigenvalue weighted by atomic mass is 10.1. The molecule has 112 valence electrons. The van der Waals surface area contributed by atoms with Crippen LogP contribution in [0, 0.1) is 0 Å². The number of thioether (sulfide) groups is 1.